The highest BCUT2D eigenvalue weighted by atomic mass is 16.5. The molecule has 2 N–H and O–H groups in total. The quantitative estimate of drug-likeness (QED) is 0.837. The van der Waals surface area contributed by atoms with Gasteiger partial charge in [-0.15, -0.1) is 0 Å². The molecule has 0 heterocycles. The topological polar surface area (TPSA) is 66.8 Å². The molecule has 0 aliphatic heterocycles. The van der Waals surface area contributed by atoms with Crippen LogP contribution in [0.2, 0.25) is 0 Å². The van der Waals surface area contributed by atoms with Gasteiger partial charge in [-0.05, 0) is 36.1 Å². The van der Waals surface area contributed by atoms with Crippen LogP contribution in [-0.4, -0.2) is 23.3 Å². The minimum Gasteiger partial charge on any atom is -0.469 e. The maximum Gasteiger partial charge on any atom is 0.311 e. The van der Waals surface area contributed by atoms with Crippen LogP contribution < -0.4 is 0 Å². The molecule has 0 fully saturated rings. The van der Waals surface area contributed by atoms with Gasteiger partial charge in [-0.1, -0.05) is 48.5 Å². The monoisotopic (exact) mass is 312 g/mol. The molecule has 1 aliphatic rings. The van der Waals surface area contributed by atoms with Crippen molar-refractivity contribution in [3.05, 3.63) is 59.7 Å². The second-order valence-corrected chi connectivity index (χ2v) is 6.17. The molecule has 4 heteroatoms. The van der Waals surface area contributed by atoms with Crippen molar-refractivity contribution in [1.29, 1.82) is 0 Å². The average molecular weight is 312 g/mol. The van der Waals surface area contributed by atoms with Crippen molar-refractivity contribution in [3.8, 4) is 11.1 Å². The zero-order valence-electron chi connectivity index (χ0n) is 13.4. The second-order valence-electron chi connectivity index (χ2n) is 6.17. The second kappa shape index (κ2) is 5.18. The Morgan fingerprint density at radius 1 is 1.00 bits per heavy atom. The minimum atomic E-state index is -1.79. The lowest BCUT2D eigenvalue weighted by molar-refractivity contribution is -0.199. The van der Waals surface area contributed by atoms with E-state index in [-0.39, 0.29) is 0 Å². The Labute approximate surface area is 135 Å². The summed E-state index contributed by atoms with van der Waals surface area (Å²) in [6.45, 7) is 3.12. The number of fused-ring (bicyclic) bond motifs is 3. The van der Waals surface area contributed by atoms with Crippen molar-refractivity contribution >= 4 is 5.97 Å². The van der Waals surface area contributed by atoms with Crippen LogP contribution in [0.25, 0.3) is 11.1 Å². The lowest BCUT2D eigenvalue weighted by Crippen LogP contribution is -2.56. The summed E-state index contributed by atoms with van der Waals surface area (Å²) in [5.74, 6) is -1.50. The van der Waals surface area contributed by atoms with Gasteiger partial charge in [-0.25, -0.2) is 0 Å². The van der Waals surface area contributed by atoms with Crippen molar-refractivity contribution in [1.82, 2.24) is 0 Å². The maximum absolute atomic E-state index is 12.1. The number of methoxy groups -OCH3 is 1. The highest BCUT2D eigenvalue weighted by Gasteiger charge is 2.58. The van der Waals surface area contributed by atoms with E-state index in [1.807, 2.05) is 30.3 Å². The number of aliphatic hydroxyl groups is 2. The fourth-order valence-electron chi connectivity index (χ4n) is 3.66. The molecule has 0 saturated carbocycles. The molecule has 3 rings (SSSR count). The number of rotatable bonds is 2. The molecule has 1 aliphatic carbocycles. The first-order valence-electron chi connectivity index (χ1n) is 7.57. The zero-order valence-corrected chi connectivity index (χ0v) is 13.4. The molecule has 0 bridgehead atoms. The van der Waals surface area contributed by atoms with Crippen LogP contribution in [0.3, 0.4) is 0 Å². The van der Waals surface area contributed by atoms with Crippen molar-refractivity contribution in [2.45, 2.75) is 25.0 Å². The standard InChI is InChI=1S/C19H20O4/c1-12(17(20)23-3)19(22)16-11-7-5-9-14(16)13-8-4-6-10-15(13)18(19,2)21/h4-12,21-22H,1-3H3/t12-,18-,19-/m1/s1. The fraction of sp³-hybridized carbons (Fsp3) is 0.316. The zero-order chi connectivity index (χ0) is 16.8. The third-order valence-corrected chi connectivity index (χ3v) is 5.00. The van der Waals surface area contributed by atoms with E-state index in [0.29, 0.717) is 11.1 Å². The van der Waals surface area contributed by atoms with E-state index in [4.69, 9.17) is 4.74 Å². The summed E-state index contributed by atoms with van der Waals surface area (Å²) in [5, 5.41) is 22.8. The Morgan fingerprint density at radius 3 is 2.04 bits per heavy atom. The highest BCUT2D eigenvalue weighted by molar-refractivity contribution is 5.81. The first-order chi connectivity index (χ1) is 10.9. The average Bonchev–Trinajstić information content (AvgIpc) is 2.58. The normalized spacial score (nSPS) is 26.8. The van der Waals surface area contributed by atoms with Crippen LogP contribution in [0.15, 0.2) is 48.5 Å². The molecule has 4 nitrogen and oxygen atoms in total. The summed E-state index contributed by atoms with van der Waals surface area (Å²) >= 11 is 0. The SMILES string of the molecule is COC(=O)[C@@H](C)[C@@]1(O)c2ccccc2-c2ccccc2[C@@]1(C)O. The van der Waals surface area contributed by atoms with Gasteiger partial charge in [-0.2, -0.15) is 0 Å². The molecule has 3 atom stereocenters. The van der Waals surface area contributed by atoms with Gasteiger partial charge in [0.05, 0.1) is 13.0 Å². The van der Waals surface area contributed by atoms with Gasteiger partial charge in [0.25, 0.3) is 0 Å². The lowest BCUT2D eigenvalue weighted by atomic mass is 9.61. The van der Waals surface area contributed by atoms with E-state index in [2.05, 4.69) is 0 Å². The first kappa shape index (κ1) is 15.7. The van der Waals surface area contributed by atoms with Crippen LogP contribution in [0, 0.1) is 5.92 Å². The number of carbonyl (C=O) groups excluding carboxylic acids is 1. The largest absolute Gasteiger partial charge is 0.469 e. The molecule has 0 amide bonds. The van der Waals surface area contributed by atoms with E-state index in [9.17, 15) is 15.0 Å². The third-order valence-electron chi connectivity index (χ3n) is 5.00. The number of hydrogen-bond donors (Lipinski definition) is 2. The smallest absolute Gasteiger partial charge is 0.311 e. The Kier molecular flexibility index (Phi) is 3.54. The van der Waals surface area contributed by atoms with Crippen LogP contribution in [0.4, 0.5) is 0 Å². The van der Waals surface area contributed by atoms with Crippen molar-refractivity contribution in [3.63, 3.8) is 0 Å². The molecule has 23 heavy (non-hydrogen) atoms. The minimum absolute atomic E-state index is 0.529. The highest BCUT2D eigenvalue weighted by Crippen LogP contribution is 2.54. The van der Waals surface area contributed by atoms with Crippen molar-refractivity contribution in [2.24, 2.45) is 5.92 Å². The summed E-state index contributed by atoms with van der Waals surface area (Å²) in [6.07, 6.45) is 0. The van der Waals surface area contributed by atoms with Crippen molar-refractivity contribution < 1.29 is 19.7 Å². The summed E-state index contributed by atoms with van der Waals surface area (Å²) in [6, 6.07) is 14.7. The van der Waals surface area contributed by atoms with Crippen LogP contribution in [0.1, 0.15) is 25.0 Å². The first-order valence-corrected chi connectivity index (χ1v) is 7.57. The summed E-state index contributed by atoms with van der Waals surface area (Å²) < 4.78 is 4.82. The van der Waals surface area contributed by atoms with Gasteiger partial charge in [0.1, 0.15) is 11.2 Å². The molecule has 0 aromatic heterocycles. The van der Waals surface area contributed by atoms with Gasteiger partial charge in [0.2, 0.25) is 0 Å². The van der Waals surface area contributed by atoms with Gasteiger partial charge >= 0.3 is 5.97 Å². The summed E-state index contributed by atoms with van der Waals surface area (Å²) in [5.41, 5.74) is -0.627. The Bertz CT molecular complexity index is 765. The van der Waals surface area contributed by atoms with Crippen LogP contribution in [-0.2, 0) is 20.7 Å². The third kappa shape index (κ3) is 1.95. The maximum atomic E-state index is 12.1. The molecule has 2 aromatic rings. The molecular formula is C19H20O4. The number of esters is 1. The van der Waals surface area contributed by atoms with Gasteiger partial charge < -0.3 is 14.9 Å². The predicted octanol–water partition coefficient (Wildman–Crippen LogP) is 2.57. The van der Waals surface area contributed by atoms with Gasteiger partial charge in [-0.3, -0.25) is 4.79 Å². The molecule has 0 radical (unpaired) electrons. The van der Waals surface area contributed by atoms with Gasteiger partial charge in [0, 0.05) is 0 Å². The summed E-state index contributed by atoms with van der Waals surface area (Å²) in [4.78, 5) is 12.1. The van der Waals surface area contributed by atoms with E-state index in [1.165, 1.54) is 7.11 Å². The fourth-order valence-corrected chi connectivity index (χ4v) is 3.66. The summed E-state index contributed by atoms with van der Waals surface area (Å²) in [7, 11) is 1.28. The van der Waals surface area contributed by atoms with E-state index < -0.39 is 23.1 Å². The lowest BCUT2D eigenvalue weighted by Gasteiger charge is -2.49. The molecule has 0 saturated heterocycles. The molecule has 0 spiro atoms. The van der Waals surface area contributed by atoms with E-state index >= 15 is 0 Å². The molecule has 120 valence electrons. The Hall–Kier alpha value is -2.17. The van der Waals surface area contributed by atoms with Crippen molar-refractivity contribution in [2.75, 3.05) is 7.11 Å². The number of ether oxygens (including phenoxy) is 1. The van der Waals surface area contributed by atoms with E-state index in [1.54, 1.807) is 32.0 Å². The van der Waals surface area contributed by atoms with Crippen LogP contribution in [0.5, 0.6) is 0 Å². The number of hydrogen-bond acceptors (Lipinski definition) is 4. The number of benzene rings is 2. The predicted molar refractivity (Wildman–Crippen MR) is 86.5 cm³/mol. The Morgan fingerprint density at radius 2 is 1.48 bits per heavy atom. The number of carbonyl (C=O) groups is 1. The Balaban J connectivity index is 2.36. The van der Waals surface area contributed by atoms with Crippen LogP contribution >= 0.6 is 0 Å². The molecule has 2 aromatic carbocycles. The molecule has 0 unspecified atom stereocenters. The molecular weight excluding hydrogens is 292 g/mol. The van der Waals surface area contributed by atoms with Gasteiger partial charge in [0.15, 0.2) is 0 Å². The van der Waals surface area contributed by atoms with E-state index in [0.717, 1.165) is 11.1 Å².